The molecule has 2 heterocycles. The molecular formula is C19H19ClN4O4S. The molecule has 0 aliphatic rings. The highest BCUT2D eigenvalue weighted by atomic mass is 35.5. The molecular weight excluding hydrogens is 416 g/mol. The maximum atomic E-state index is 12.5. The van der Waals surface area contributed by atoms with Crippen molar-refractivity contribution in [2.75, 3.05) is 11.3 Å². The summed E-state index contributed by atoms with van der Waals surface area (Å²) in [6, 6.07) is 7.17. The molecule has 0 bridgehead atoms. The van der Waals surface area contributed by atoms with Crippen molar-refractivity contribution >= 4 is 33.2 Å². The summed E-state index contributed by atoms with van der Waals surface area (Å²) in [7, 11) is -3.83. The van der Waals surface area contributed by atoms with E-state index in [-0.39, 0.29) is 22.1 Å². The van der Waals surface area contributed by atoms with Crippen LogP contribution in [0.2, 0.25) is 5.02 Å². The average molecular weight is 435 g/mol. The van der Waals surface area contributed by atoms with E-state index >= 15 is 0 Å². The van der Waals surface area contributed by atoms with Crippen molar-refractivity contribution in [2.24, 2.45) is 0 Å². The normalized spacial score (nSPS) is 11.3. The summed E-state index contributed by atoms with van der Waals surface area (Å²) in [5.74, 6) is 0.355. The van der Waals surface area contributed by atoms with Crippen LogP contribution in [0.4, 0.5) is 5.69 Å². The van der Waals surface area contributed by atoms with Gasteiger partial charge in [0.2, 0.25) is 0 Å². The highest BCUT2D eigenvalue weighted by Crippen LogP contribution is 2.18. The summed E-state index contributed by atoms with van der Waals surface area (Å²) in [4.78, 5) is 16.4. The maximum absolute atomic E-state index is 12.5. The molecule has 0 saturated carbocycles. The number of anilines is 1. The number of nitrogens with zero attached hydrogens (tertiary/aromatic N) is 2. The standard InChI is InChI=1S/C19H19ClN4O4S/c1-12-18(13(2)28-23-12)7-8-22-19(25)14-9-16(11-21-10-14)24-29(26,27)17-5-3-15(20)4-6-17/h3-6,9-11,24H,7-8H2,1-2H3,(H,22,25). The molecule has 1 aromatic carbocycles. The smallest absolute Gasteiger partial charge is 0.261 e. The van der Waals surface area contributed by atoms with Crippen molar-refractivity contribution < 1.29 is 17.7 Å². The number of carbonyl (C=O) groups is 1. The fourth-order valence-electron chi connectivity index (χ4n) is 2.71. The molecule has 152 valence electrons. The van der Waals surface area contributed by atoms with Gasteiger partial charge < -0.3 is 9.84 Å². The van der Waals surface area contributed by atoms with Crippen molar-refractivity contribution in [2.45, 2.75) is 25.2 Å². The van der Waals surface area contributed by atoms with E-state index in [9.17, 15) is 13.2 Å². The Hall–Kier alpha value is -2.91. The third-order valence-corrected chi connectivity index (χ3v) is 5.87. The first-order chi connectivity index (χ1) is 13.8. The zero-order chi connectivity index (χ0) is 21.0. The predicted molar refractivity (Wildman–Crippen MR) is 109 cm³/mol. The topological polar surface area (TPSA) is 114 Å². The Bertz CT molecular complexity index is 1110. The number of carbonyl (C=O) groups excluding carboxylic acids is 1. The molecule has 10 heteroatoms. The number of benzene rings is 1. The van der Waals surface area contributed by atoms with Gasteiger partial charge in [-0.15, -0.1) is 0 Å². The van der Waals surface area contributed by atoms with E-state index in [0.717, 1.165) is 17.0 Å². The third kappa shape index (κ3) is 5.12. The quantitative estimate of drug-likeness (QED) is 0.590. The first kappa shape index (κ1) is 20.8. The van der Waals surface area contributed by atoms with Crippen LogP contribution in [0.15, 0.2) is 52.1 Å². The van der Waals surface area contributed by atoms with Gasteiger partial charge in [-0.2, -0.15) is 0 Å². The fraction of sp³-hybridized carbons (Fsp3) is 0.211. The van der Waals surface area contributed by atoms with E-state index in [1.54, 1.807) is 0 Å². The van der Waals surface area contributed by atoms with Crippen molar-refractivity contribution in [3.8, 4) is 0 Å². The number of pyridine rings is 1. The van der Waals surface area contributed by atoms with Crippen LogP contribution in [0.1, 0.15) is 27.4 Å². The second-order valence-electron chi connectivity index (χ2n) is 6.33. The van der Waals surface area contributed by atoms with Gasteiger partial charge >= 0.3 is 0 Å². The van der Waals surface area contributed by atoms with Gasteiger partial charge in [-0.25, -0.2) is 8.42 Å². The van der Waals surface area contributed by atoms with Crippen LogP contribution in [0.25, 0.3) is 0 Å². The Morgan fingerprint density at radius 3 is 2.55 bits per heavy atom. The van der Waals surface area contributed by atoms with Crippen molar-refractivity contribution in [3.05, 3.63) is 70.3 Å². The Morgan fingerprint density at radius 2 is 1.90 bits per heavy atom. The second kappa shape index (κ2) is 8.62. The van der Waals surface area contributed by atoms with Crippen LogP contribution in [0.3, 0.4) is 0 Å². The number of halogens is 1. The Balaban J connectivity index is 1.65. The summed E-state index contributed by atoms with van der Waals surface area (Å²) in [6.45, 7) is 4.04. The van der Waals surface area contributed by atoms with Gasteiger partial charge in [0.15, 0.2) is 0 Å². The lowest BCUT2D eigenvalue weighted by atomic mass is 10.1. The SMILES string of the molecule is Cc1noc(C)c1CCNC(=O)c1cncc(NS(=O)(=O)c2ccc(Cl)cc2)c1. The molecule has 3 rings (SSSR count). The Labute approximate surface area is 173 Å². The molecule has 2 N–H and O–H groups in total. The minimum Gasteiger partial charge on any atom is -0.361 e. The molecule has 0 spiro atoms. The van der Waals surface area contributed by atoms with Crippen molar-refractivity contribution in [1.82, 2.24) is 15.5 Å². The van der Waals surface area contributed by atoms with Gasteiger partial charge in [-0.05, 0) is 50.6 Å². The molecule has 0 unspecified atom stereocenters. The summed E-state index contributed by atoms with van der Waals surface area (Å²) >= 11 is 5.79. The number of aryl methyl sites for hydroxylation is 2. The molecule has 0 aliphatic carbocycles. The molecule has 0 saturated heterocycles. The largest absolute Gasteiger partial charge is 0.361 e. The number of hydrogen-bond donors (Lipinski definition) is 2. The lowest BCUT2D eigenvalue weighted by molar-refractivity contribution is 0.0953. The van der Waals surface area contributed by atoms with Crippen LogP contribution in [-0.4, -0.2) is 31.0 Å². The molecule has 0 aliphatic heterocycles. The molecule has 0 radical (unpaired) electrons. The number of hydrogen-bond acceptors (Lipinski definition) is 6. The third-order valence-electron chi connectivity index (χ3n) is 4.22. The zero-order valence-corrected chi connectivity index (χ0v) is 17.3. The van der Waals surface area contributed by atoms with Gasteiger partial charge in [-0.1, -0.05) is 16.8 Å². The lowest BCUT2D eigenvalue weighted by Crippen LogP contribution is -2.26. The van der Waals surface area contributed by atoms with E-state index < -0.39 is 10.0 Å². The summed E-state index contributed by atoms with van der Waals surface area (Å²) < 4.78 is 32.4. The molecule has 8 nitrogen and oxygen atoms in total. The maximum Gasteiger partial charge on any atom is 0.261 e. The molecule has 0 atom stereocenters. The van der Waals surface area contributed by atoms with Crippen molar-refractivity contribution in [1.29, 1.82) is 0 Å². The minimum atomic E-state index is -3.83. The molecule has 29 heavy (non-hydrogen) atoms. The monoisotopic (exact) mass is 434 g/mol. The number of rotatable bonds is 7. The van der Waals surface area contributed by atoms with Crippen LogP contribution >= 0.6 is 11.6 Å². The van der Waals surface area contributed by atoms with Crippen LogP contribution in [-0.2, 0) is 16.4 Å². The van der Waals surface area contributed by atoms with E-state index in [1.807, 2.05) is 13.8 Å². The predicted octanol–water partition coefficient (Wildman–Crippen LogP) is 3.11. The van der Waals surface area contributed by atoms with Crippen LogP contribution in [0, 0.1) is 13.8 Å². The molecule has 2 aromatic heterocycles. The van der Waals surface area contributed by atoms with Crippen molar-refractivity contribution in [3.63, 3.8) is 0 Å². The van der Waals surface area contributed by atoms with Gasteiger partial charge in [0.1, 0.15) is 5.76 Å². The molecule has 0 fully saturated rings. The first-order valence-corrected chi connectivity index (χ1v) is 10.6. The minimum absolute atomic E-state index is 0.0521. The Kier molecular flexibility index (Phi) is 6.19. The zero-order valence-electron chi connectivity index (χ0n) is 15.8. The van der Waals surface area contributed by atoms with Gasteiger partial charge in [0.05, 0.1) is 28.0 Å². The van der Waals surface area contributed by atoms with E-state index in [0.29, 0.717) is 18.0 Å². The highest BCUT2D eigenvalue weighted by Gasteiger charge is 2.16. The summed E-state index contributed by atoms with van der Waals surface area (Å²) in [5.41, 5.74) is 2.16. The number of nitrogens with one attached hydrogen (secondary N) is 2. The van der Waals surface area contributed by atoms with E-state index in [1.165, 1.54) is 42.7 Å². The molecule has 1 amide bonds. The fourth-order valence-corrected chi connectivity index (χ4v) is 3.87. The first-order valence-electron chi connectivity index (χ1n) is 8.69. The van der Waals surface area contributed by atoms with Crippen LogP contribution < -0.4 is 10.0 Å². The van der Waals surface area contributed by atoms with Gasteiger partial charge in [-0.3, -0.25) is 14.5 Å². The molecule has 3 aromatic rings. The number of aromatic nitrogens is 2. The summed E-state index contributed by atoms with van der Waals surface area (Å²) in [5, 5.41) is 7.09. The second-order valence-corrected chi connectivity index (χ2v) is 8.45. The lowest BCUT2D eigenvalue weighted by Gasteiger charge is -2.10. The van der Waals surface area contributed by atoms with Crippen LogP contribution in [0.5, 0.6) is 0 Å². The average Bonchev–Trinajstić information content (AvgIpc) is 3.00. The highest BCUT2D eigenvalue weighted by molar-refractivity contribution is 7.92. The van der Waals surface area contributed by atoms with E-state index in [2.05, 4.69) is 20.2 Å². The summed E-state index contributed by atoms with van der Waals surface area (Å²) in [6.07, 6.45) is 3.27. The number of sulfonamides is 1. The van der Waals surface area contributed by atoms with Gasteiger partial charge in [0.25, 0.3) is 15.9 Å². The Morgan fingerprint density at radius 1 is 1.17 bits per heavy atom. The number of amides is 1. The van der Waals surface area contributed by atoms with E-state index in [4.69, 9.17) is 16.1 Å². The van der Waals surface area contributed by atoms with Gasteiger partial charge in [0, 0.05) is 23.3 Å².